The van der Waals surface area contributed by atoms with Gasteiger partial charge in [0.15, 0.2) is 0 Å². The molecule has 0 aromatic carbocycles. The minimum atomic E-state index is -3.04. The number of carboxylic acids is 1. The van der Waals surface area contributed by atoms with Gasteiger partial charge in [0.05, 0.1) is 5.69 Å². The average Bonchev–Trinajstić information content (AvgIpc) is 2.81. The van der Waals surface area contributed by atoms with Gasteiger partial charge in [0.1, 0.15) is 12.2 Å². The van der Waals surface area contributed by atoms with E-state index in [1.54, 1.807) is 0 Å². The normalized spacial score (nSPS) is 25.5. The van der Waals surface area contributed by atoms with Gasteiger partial charge in [-0.05, 0) is 25.2 Å². The summed E-state index contributed by atoms with van der Waals surface area (Å²) in [5.41, 5.74) is 1.15. The summed E-state index contributed by atoms with van der Waals surface area (Å²) in [5.74, 6) is -3.79. The number of aromatic nitrogens is 2. The number of halogens is 2. The number of aliphatic carboxylic acids is 1. The first kappa shape index (κ1) is 11.6. The molecule has 1 fully saturated rings. The molecule has 98 valence electrons. The third-order valence-corrected chi connectivity index (χ3v) is 3.95. The third-order valence-electron chi connectivity index (χ3n) is 3.95. The molecule has 1 aromatic heterocycles. The van der Waals surface area contributed by atoms with Crippen molar-refractivity contribution in [2.45, 2.75) is 50.5 Å². The van der Waals surface area contributed by atoms with Crippen LogP contribution in [0.5, 0.6) is 0 Å². The van der Waals surface area contributed by atoms with Gasteiger partial charge >= 0.3 is 5.97 Å². The lowest BCUT2D eigenvalue weighted by molar-refractivity contribution is -0.138. The quantitative estimate of drug-likeness (QED) is 0.903. The van der Waals surface area contributed by atoms with Crippen molar-refractivity contribution in [3.8, 4) is 0 Å². The fourth-order valence-electron chi connectivity index (χ4n) is 3.40. The molecule has 1 N–H and O–H groups in total. The fourth-order valence-corrected chi connectivity index (χ4v) is 3.40. The molecule has 6 heteroatoms. The zero-order valence-corrected chi connectivity index (χ0v) is 9.99. The van der Waals surface area contributed by atoms with E-state index in [1.165, 1.54) is 0 Å². The minimum absolute atomic E-state index is 0.147. The van der Waals surface area contributed by atoms with Crippen molar-refractivity contribution >= 4 is 5.97 Å². The van der Waals surface area contributed by atoms with Crippen LogP contribution in [0, 0.1) is 0 Å². The number of nitrogens with zero attached hydrogens (tertiary/aromatic N) is 2. The van der Waals surface area contributed by atoms with Crippen LogP contribution in [0.2, 0.25) is 0 Å². The third kappa shape index (κ3) is 1.54. The van der Waals surface area contributed by atoms with E-state index in [0.717, 1.165) is 30.9 Å². The largest absolute Gasteiger partial charge is 0.480 e. The number of hydrogen-bond donors (Lipinski definition) is 1. The van der Waals surface area contributed by atoms with Gasteiger partial charge in [-0.2, -0.15) is 13.9 Å². The van der Waals surface area contributed by atoms with Crippen LogP contribution in [-0.2, 0) is 17.3 Å². The van der Waals surface area contributed by atoms with E-state index in [4.69, 9.17) is 5.11 Å². The van der Waals surface area contributed by atoms with E-state index in [0.29, 0.717) is 11.3 Å². The van der Waals surface area contributed by atoms with Crippen molar-refractivity contribution in [2.75, 3.05) is 0 Å². The topological polar surface area (TPSA) is 55.1 Å². The van der Waals surface area contributed by atoms with E-state index in [2.05, 4.69) is 5.10 Å². The molecule has 2 unspecified atom stereocenters. The van der Waals surface area contributed by atoms with Gasteiger partial charge in [-0.25, -0.2) is 0 Å². The highest BCUT2D eigenvalue weighted by Crippen LogP contribution is 2.55. The lowest BCUT2D eigenvalue weighted by Gasteiger charge is -2.17. The number of hydrogen-bond acceptors (Lipinski definition) is 2. The lowest BCUT2D eigenvalue weighted by Crippen LogP contribution is -2.21. The van der Waals surface area contributed by atoms with Crippen LogP contribution >= 0.6 is 0 Å². The summed E-state index contributed by atoms with van der Waals surface area (Å²) in [6.07, 6.45) is 2.80. The summed E-state index contributed by atoms with van der Waals surface area (Å²) in [7, 11) is 0. The Morgan fingerprint density at radius 3 is 2.78 bits per heavy atom. The Bertz CT molecular complexity index is 519. The van der Waals surface area contributed by atoms with Gasteiger partial charge in [-0.15, -0.1) is 0 Å². The van der Waals surface area contributed by atoms with Crippen LogP contribution in [0.3, 0.4) is 0 Å². The summed E-state index contributed by atoms with van der Waals surface area (Å²) < 4.78 is 28.4. The second-order valence-electron chi connectivity index (χ2n) is 5.29. The monoisotopic (exact) mass is 256 g/mol. The first-order chi connectivity index (χ1) is 8.38. The molecule has 1 saturated carbocycles. The second kappa shape index (κ2) is 3.52. The van der Waals surface area contributed by atoms with Crippen molar-refractivity contribution in [3.05, 3.63) is 17.0 Å². The molecule has 1 heterocycles. The van der Waals surface area contributed by atoms with E-state index in [1.807, 2.05) is 0 Å². The van der Waals surface area contributed by atoms with Crippen molar-refractivity contribution in [1.29, 1.82) is 0 Å². The second-order valence-corrected chi connectivity index (χ2v) is 5.29. The number of rotatable bonds is 3. The molecule has 0 saturated heterocycles. The number of carboxylic acid groups (broad SMARTS) is 1. The summed E-state index contributed by atoms with van der Waals surface area (Å²) in [5, 5.41) is 12.9. The maximum absolute atomic E-state index is 13.7. The summed E-state index contributed by atoms with van der Waals surface area (Å²) in [4.78, 5) is 10.7. The minimum Gasteiger partial charge on any atom is -0.480 e. The maximum Gasteiger partial charge on any atom is 0.325 e. The van der Waals surface area contributed by atoms with Gasteiger partial charge in [-0.3, -0.25) is 9.48 Å². The van der Waals surface area contributed by atoms with E-state index in [9.17, 15) is 13.6 Å². The molecule has 18 heavy (non-hydrogen) atoms. The smallest absolute Gasteiger partial charge is 0.325 e. The highest BCUT2D eigenvalue weighted by atomic mass is 19.3. The van der Waals surface area contributed by atoms with E-state index < -0.39 is 18.4 Å². The molecule has 0 radical (unpaired) electrons. The molecule has 2 aliphatic carbocycles. The van der Waals surface area contributed by atoms with Gasteiger partial charge in [0.2, 0.25) is 0 Å². The standard InChI is InChI=1S/C12H14F2N2O2/c1-12(13,14)11-9-6-2-3-7(4-6)10(9)15-16(11)5-8(17)18/h6-7H,2-5H2,1H3,(H,17,18). The SMILES string of the molecule is CC(F)(F)c1c2c(nn1CC(=O)O)C1CCC2C1. The zero-order valence-electron chi connectivity index (χ0n) is 9.99. The number of carbonyl (C=O) groups is 1. The molecular weight excluding hydrogens is 242 g/mol. The van der Waals surface area contributed by atoms with Crippen LogP contribution in [0.4, 0.5) is 8.78 Å². The Morgan fingerprint density at radius 2 is 2.17 bits per heavy atom. The van der Waals surface area contributed by atoms with Crippen molar-refractivity contribution < 1.29 is 18.7 Å². The summed E-state index contributed by atoms with van der Waals surface area (Å²) in [6.45, 7) is 0.319. The first-order valence-corrected chi connectivity index (χ1v) is 6.08. The highest BCUT2D eigenvalue weighted by molar-refractivity contribution is 5.66. The maximum atomic E-state index is 13.7. The molecule has 4 nitrogen and oxygen atoms in total. The molecule has 0 amide bonds. The molecule has 0 spiro atoms. The van der Waals surface area contributed by atoms with Crippen LogP contribution in [0.25, 0.3) is 0 Å². The average molecular weight is 256 g/mol. The molecule has 3 rings (SSSR count). The fraction of sp³-hybridized carbons (Fsp3) is 0.667. The van der Waals surface area contributed by atoms with E-state index in [-0.39, 0.29) is 17.5 Å². The van der Waals surface area contributed by atoms with Crippen LogP contribution < -0.4 is 0 Å². The van der Waals surface area contributed by atoms with E-state index >= 15 is 0 Å². The Morgan fingerprint density at radius 1 is 1.50 bits per heavy atom. The first-order valence-electron chi connectivity index (χ1n) is 6.08. The zero-order chi connectivity index (χ0) is 13.1. The van der Waals surface area contributed by atoms with Crippen molar-refractivity contribution in [2.24, 2.45) is 0 Å². The predicted molar refractivity (Wildman–Crippen MR) is 58.8 cm³/mol. The molecule has 2 atom stereocenters. The molecule has 2 bridgehead atoms. The number of alkyl halides is 2. The van der Waals surface area contributed by atoms with Gasteiger partial charge in [0, 0.05) is 18.4 Å². The molecule has 1 aromatic rings. The van der Waals surface area contributed by atoms with Gasteiger partial charge in [-0.1, -0.05) is 0 Å². The lowest BCUT2D eigenvalue weighted by atomic mass is 9.94. The van der Waals surface area contributed by atoms with Crippen molar-refractivity contribution in [3.63, 3.8) is 0 Å². The van der Waals surface area contributed by atoms with Gasteiger partial charge in [0.25, 0.3) is 5.92 Å². The van der Waals surface area contributed by atoms with Crippen LogP contribution in [0.15, 0.2) is 0 Å². The Balaban J connectivity index is 2.14. The summed E-state index contributed by atoms with van der Waals surface area (Å²) in [6, 6.07) is 0. The number of fused-ring (bicyclic) bond motifs is 5. The molecule has 2 aliphatic rings. The highest BCUT2D eigenvalue weighted by Gasteiger charge is 2.46. The van der Waals surface area contributed by atoms with Crippen LogP contribution in [0.1, 0.15) is 55.0 Å². The van der Waals surface area contributed by atoms with Crippen LogP contribution in [-0.4, -0.2) is 20.9 Å². The Labute approximate surface area is 103 Å². The van der Waals surface area contributed by atoms with Crippen molar-refractivity contribution in [1.82, 2.24) is 9.78 Å². The Hall–Kier alpha value is -1.46. The predicted octanol–water partition coefficient (Wildman–Crippen LogP) is 2.44. The molecular formula is C12H14F2N2O2. The summed E-state index contributed by atoms with van der Waals surface area (Å²) >= 11 is 0. The molecule has 0 aliphatic heterocycles. The Kier molecular flexibility index (Phi) is 2.27. The van der Waals surface area contributed by atoms with Gasteiger partial charge < -0.3 is 5.11 Å².